The molecule has 9 nitrogen and oxygen atoms in total. The molecule has 0 N–H and O–H groups in total. The van der Waals surface area contributed by atoms with Crippen LogP contribution in [-0.2, 0) is 30.8 Å². The second-order valence-corrected chi connectivity index (χ2v) is 6.19. The second-order valence-electron chi connectivity index (χ2n) is 6.19. The first-order valence-corrected chi connectivity index (χ1v) is 8.52. The molecule has 0 aliphatic carbocycles. The van der Waals surface area contributed by atoms with E-state index in [-0.39, 0.29) is 18.0 Å². The number of carbonyl (C=O) groups is 1. The van der Waals surface area contributed by atoms with E-state index in [2.05, 4.69) is 19.9 Å². The number of carbonyl (C=O) groups excluding carboxylic acids is 1. The van der Waals surface area contributed by atoms with Crippen molar-refractivity contribution in [3.63, 3.8) is 0 Å². The number of amides is 1. The van der Waals surface area contributed by atoms with Gasteiger partial charge in [-0.15, -0.1) is 10.2 Å². The molecular weight excluding hydrogens is 334 g/mol. The molecule has 0 spiro atoms. The largest absolute Gasteiger partial charge is 0.339 e. The van der Waals surface area contributed by atoms with Crippen molar-refractivity contribution in [1.29, 1.82) is 0 Å². The molecule has 0 saturated carbocycles. The number of rotatable bonds is 4. The van der Waals surface area contributed by atoms with E-state index in [1.54, 1.807) is 34.1 Å². The zero-order valence-electron chi connectivity index (χ0n) is 14.2. The minimum atomic E-state index is -0.172. The van der Waals surface area contributed by atoms with Crippen LogP contribution in [0.3, 0.4) is 0 Å². The Morgan fingerprint density at radius 1 is 1.08 bits per heavy atom. The first-order valence-electron chi connectivity index (χ1n) is 8.52. The average Bonchev–Trinajstić information content (AvgIpc) is 3.23. The molecule has 0 aromatic carbocycles. The van der Waals surface area contributed by atoms with Gasteiger partial charge in [0.05, 0.1) is 0 Å². The maximum atomic E-state index is 12.6. The zero-order chi connectivity index (χ0) is 17.9. The molecule has 3 aromatic heterocycles. The third-order valence-electron chi connectivity index (χ3n) is 4.52. The minimum absolute atomic E-state index is 0.0559. The molecular formula is C17H19N7O2. The highest BCUT2D eigenvalue weighted by Crippen LogP contribution is 2.11. The van der Waals surface area contributed by atoms with Crippen molar-refractivity contribution in [2.45, 2.75) is 26.1 Å². The number of pyridine rings is 1. The second kappa shape index (κ2) is 6.95. The fraction of sp³-hybridized carbons (Fsp3) is 0.353. The maximum Gasteiger partial charge on any atom is 0.250 e. The molecule has 0 atom stereocenters. The highest BCUT2D eigenvalue weighted by molar-refractivity contribution is 5.76. The monoisotopic (exact) mass is 353 g/mol. The van der Waals surface area contributed by atoms with E-state index in [1.165, 1.54) is 10.6 Å². The van der Waals surface area contributed by atoms with Crippen LogP contribution in [0.25, 0.3) is 0 Å². The van der Waals surface area contributed by atoms with E-state index in [4.69, 9.17) is 0 Å². The van der Waals surface area contributed by atoms with Crippen molar-refractivity contribution in [3.05, 3.63) is 64.9 Å². The van der Waals surface area contributed by atoms with Gasteiger partial charge in [-0.1, -0.05) is 6.07 Å². The van der Waals surface area contributed by atoms with Gasteiger partial charge in [0.15, 0.2) is 5.82 Å². The molecule has 0 radical (unpaired) electrons. The Kier molecular flexibility index (Phi) is 4.34. The summed E-state index contributed by atoms with van der Waals surface area (Å²) in [5.74, 6) is 1.64. The van der Waals surface area contributed by atoms with Gasteiger partial charge in [0.1, 0.15) is 18.9 Å². The zero-order valence-corrected chi connectivity index (χ0v) is 14.2. The van der Waals surface area contributed by atoms with Crippen LogP contribution >= 0.6 is 0 Å². The van der Waals surface area contributed by atoms with Crippen molar-refractivity contribution >= 4 is 5.91 Å². The Morgan fingerprint density at radius 3 is 2.81 bits per heavy atom. The highest BCUT2D eigenvalue weighted by atomic mass is 16.2. The van der Waals surface area contributed by atoms with Gasteiger partial charge in [0.25, 0.3) is 5.56 Å². The van der Waals surface area contributed by atoms with Gasteiger partial charge in [-0.3, -0.25) is 14.3 Å². The van der Waals surface area contributed by atoms with Crippen LogP contribution < -0.4 is 5.56 Å². The summed E-state index contributed by atoms with van der Waals surface area (Å²) in [6.07, 6.45) is 5.88. The Hall–Kier alpha value is -3.23. The first kappa shape index (κ1) is 16.2. The van der Waals surface area contributed by atoms with Gasteiger partial charge in [-0.05, 0) is 12.1 Å². The minimum Gasteiger partial charge on any atom is -0.339 e. The molecule has 26 heavy (non-hydrogen) atoms. The fourth-order valence-electron chi connectivity index (χ4n) is 3.13. The number of fused-ring (bicyclic) bond motifs is 1. The van der Waals surface area contributed by atoms with Crippen LogP contribution in [0.5, 0.6) is 0 Å². The SMILES string of the molecule is O=C(Cn1ccccc1=O)N1CCc2nnc(Cn3cccn3)n2CC1. The molecule has 0 saturated heterocycles. The summed E-state index contributed by atoms with van der Waals surface area (Å²) < 4.78 is 5.28. The van der Waals surface area contributed by atoms with Crippen LogP contribution in [0.4, 0.5) is 0 Å². The van der Waals surface area contributed by atoms with Crippen molar-refractivity contribution in [2.24, 2.45) is 0 Å². The molecule has 3 aromatic rings. The topological polar surface area (TPSA) is 90.8 Å². The lowest BCUT2D eigenvalue weighted by Crippen LogP contribution is -2.38. The van der Waals surface area contributed by atoms with Gasteiger partial charge in [0.2, 0.25) is 5.91 Å². The number of aromatic nitrogens is 6. The predicted octanol–water partition coefficient (Wildman–Crippen LogP) is -0.230. The molecule has 0 unspecified atom stereocenters. The smallest absolute Gasteiger partial charge is 0.250 e. The summed E-state index contributed by atoms with van der Waals surface area (Å²) in [5, 5.41) is 12.7. The molecule has 1 aliphatic heterocycles. The van der Waals surface area contributed by atoms with Crippen LogP contribution in [0.15, 0.2) is 47.7 Å². The van der Waals surface area contributed by atoms with E-state index >= 15 is 0 Å². The summed E-state index contributed by atoms with van der Waals surface area (Å²) in [6, 6.07) is 6.74. The lowest BCUT2D eigenvalue weighted by Gasteiger charge is -2.20. The Balaban J connectivity index is 1.45. The molecule has 134 valence electrons. The summed E-state index contributed by atoms with van der Waals surface area (Å²) in [7, 11) is 0. The molecule has 4 heterocycles. The lowest BCUT2D eigenvalue weighted by molar-refractivity contribution is -0.131. The van der Waals surface area contributed by atoms with E-state index < -0.39 is 0 Å². The first-order chi connectivity index (χ1) is 12.7. The molecule has 0 bridgehead atoms. The standard InChI is InChI=1S/C17H19N7O2/c25-16-4-1-2-7-22(16)13-17(26)21-9-5-14-19-20-15(24(14)11-10-21)12-23-8-3-6-18-23/h1-4,6-8H,5,9-13H2. The average molecular weight is 353 g/mol. The molecule has 0 fully saturated rings. The van der Waals surface area contributed by atoms with Crippen molar-refractivity contribution in [3.8, 4) is 0 Å². The summed E-state index contributed by atoms with van der Waals surface area (Å²) >= 11 is 0. The Bertz CT molecular complexity index is 958. The normalized spacial score (nSPS) is 14.1. The highest BCUT2D eigenvalue weighted by Gasteiger charge is 2.22. The van der Waals surface area contributed by atoms with Crippen LogP contribution in [0.2, 0.25) is 0 Å². The molecule has 4 rings (SSSR count). The van der Waals surface area contributed by atoms with Gasteiger partial charge in [0, 0.05) is 50.7 Å². The van der Waals surface area contributed by atoms with E-state index in [9.17, 15) is 9.59 Å². The summed E-state index contributed by atoms with van der Waals surface area (Å²) in [4.78, 5) is 26.2. The van der Waals surface area contributed by atoms with E-state index in [1.807, 2.05) is 12.3 Å². The van der Waals surface area contributed by atoms with Crippen LogP contribution in [0, 0.1) is 0 Å². The van der Waals surface area contributed by atoms with Gasteiger partial charge >= 0.3 is 0 Å². The van der Waals surface area contributed by atoms with E-state index in [0.717, 1.165) is 11.6 Å². The molecule has 1 aliphatic rings. The summed E-state index contributed by atoms with van der Waals surface area (Å²) in [6.45, 7) is 2.37. The molecule has 1 amide bonds. The van der Waals surface area contributed by atoms with Crippen molar-refractivity contribution < 1.29 is 4.79 Å². The quantitative estimate of drug-likeness (QED) is 0.646. The van der Waals surface area contributed by atoms with Crippen molar-refractivity contribution in [2.75, 3.05) is 13.1 Å². The number of hydrogen-bond acceptors (Lipinski definition) is 5. The predicted molar refractivity (Wildman–Crippen MR) is 92.3 cm³/mol. The lowest BCUT2D eigenvalue weighted by atomic mass is 10.3. The molecule has 9 heteroatoms. The van der Waals surface area contributed by atoms with Crippen LogP contribution in [-0.4, -0.2) is 53.0 Å². The van der Waals surface area contributed by atoms with Gasteiger partial charge in [-0.2, -0.15) is 5.10 Å². The third-order valence-corrected chi connectivity index (χ3v) is 4.52. The number of hydrogen-bond donors (Lipinski definition) is 0. The number of nitrogens with zero attached hydrogens (tertiary/aromatic N) is 7. The van der Waals surface area contributed by atoms with Crippen molar-refractivity contribution in [1.82, 2.24) is 34.0 Å². The fourth-order valence-corrected chi connectivity index (χ4v) is 3.13. The van der Waals surface area contributed by atoms with E-state index in [0.29, 0.717) is 32.6 Å². The Labute approximate surface area is 149 Å². The summed E-state index contributed by atoms with van der Waals surface area (Å²) in [5.41, 5.74) is -0.172. The van der Waals surface area contributed by atoms with Gasteiger partial charge in [-0.25, -0.2) is 0 Å². The third kappa shape index (κ3) is 3.28. The maximum absolute atomic E-state index is 12.6. The van der Waals surface area contributed by atoms with Crippen LogP contribution in [0.1, 0.15) is 11.6 Å². The van der Waals surface area contributed by atoms with Gasteiger partial charge < -0.3 is 14.0 Å². The Morgan fingerprint density at radius 2 is 2.00 bits per heavy atom.